The number of hydrogen-bond donors (Lipinski definition) is 1. The van der Waals surface area contributed by atoms with E-state index in [2.05, 4.69) is 17.0 Å². The molecule has 0 saturated carbocycles. The van der Waals surface area contributed by atoms with E-state index in [1.54, 1.807) is 0 Å². The Bertz CT molecular complexity index is 578. The van der Waals surface area contributed by atoms with E-state index in [0.717, 1.165) is 18.7 Å². The lowest BCUT2D eigenvalue weighted by Crippen LogP contribution is -2.37. The molecule has 2 aromatic carbocycles. The van der Waals surface area contributed by atoms with E-state index in [1.165, 1.54) is 24.8 Å². The second-order valence-corrected chi connectivity index (χ2v) is 6.38. The molecular weight excluding hydrogens is 294 g/mol. The molecule has 22 heavy (non-hydrogen) atoms. The largest absolute Gasteiger partial charge is 0.386 e. The molecule has 0 unspecified atom stereocenters. The molecule has 0 aromatic heterocycles. The van der Waals surface area contributed by atoms with Gasteiger partial charge in [-0.05, 0) is 49.2 Å². The highest BCUT2D eigenvalue weighted by Gasteiger charge is 2.29. The molecule has 1 heterocycles. The van der Waals surface area contributed by atoms with Gasteiger partial charge in [0.1, 0.15) is 0 Å². The minimum atomic E-state index is -0.544. The zero-order valence-electron chi connectivity index (χ0n) is 12.7. The third kappa shape index (κ3) is 3.52. The van der Waals surface area contributed by atoms with E-state index in [4.69, 9.17) is 11.6 Å². The summed E-state index contributed by atoms with van der Waals surface area (Å²) in [5.74, 6) is 0. The Balaban J connectivity index is 1.91. The van der Waals surface area contributed by atoms with E-state index in [1.807, 2.05) is 42.5 Å². The minimum absolute atomic E-state index is 0.00248. The summed E-state index contributed by atoms with van der Waals surface area (Å²) >= 11 is 5.97. The van der Waals surface area contributed by atoms with Gasteiger partial charge in [0.25, 0.3) is 0 Å². The lowest BCUT2D eigenvalue weighted by Gasteiger charge is -2.37. The van der Waals surface area contributed by atoms with E-state index in [9.17, 15) is 5.11 Å². The van der Waals surface area contributed by atoms with Crippen molar-refractivity contribution in [2.75, 3.05) is 13.1 Å². The first kappa shape index (κ1) is 15.5. The SMILES string of the molecule is O[C@H](c1ccc(Cl)cc1)[C@@H](c1ccccc1)N1CCCCC1. The summed E-state index contributed by atoms with van der Waals surface area (Å²) in [6.45, 7) is 2.09. The normalized spacial score (nSPS) is 18.8. The van der Waals surface area contributed by atoms with Crippen LogP contribution >= 0.6 is 11.6 Å². The number of nitrogens with zero attached hydrogens (tertiary/aromatic N) is 1. The molecule has 0 aliphatic carbocycles. The summed E-state index contributed by atoms with van der Waals surface area (Å²) in [5.41, 5.74) is 2.09. The van der Waals surface area contributed by atoms with Gasteiger partial charge in [0.15, 0.2) is 0 Å². The van der Waals surface area contributed by atoms with Gasteiger partial charge in [0.05, 0.1) is 12.1 Å². The van der Waals surface area contributed by atoms with Crippen LogP contribution in [0.2, 0.25) is 5.02 Å². The van der Waals surface area contributed by atoms with Crippen molar-refractivity contribution in [3.8, 4) is 0 Å². The number of piperidine rings is 1. The van der Waals surface area contributed by atoms with Crippen molar-refractivity contribution >= 4 is 11.6 Å². The van der Waals surface area contributed by atoms with Crippen molar-refractivity contribution in [3.05, 3.63) is 70.7 Å². The third-order valence-corrected chi connectivity index (χ3v) is 4.69. The van der Waals surface area contributed by atoms with Gasteiger partial charge in [-0.2, -0.15) is 0 Å². The van der Waals surface area contributed by atoms with Crippen LogP contribution in [0.25, 0.3) is 0 Å². The minimum Gasteiger partial charge on any atom is -0.386 e. The molecule has 0 amide bonds. The van der Waals surface area contributed by atoms with E-state index in [0.29, 0.717) is 5.02 Å². The van der Waals surface area contributed by atoms with Crippen LogP contribution in [0.5, 0.6) is 0 Å². The molecule has 1 aliphatic rings. The summed E-state index contributed by atoms with van der Waals surface area (Å²) < 4.78 is 0. The summed E-state index contributed by atoms with van der Waals surface area (Å²) in [6.07, 6.45) is 3.15. The second kappa shape index (κ2) is 7.28. The lowest BCUT2D eigenvalue weighted by atomic mass is 9.93. The van der Waals surface area contributed by atoms with Crippen LogP contribution in [-0.2, 0) is 0 Å². The summed E-state index contributed by atoms with van der Waals surface area (Å²) in [7, 11) is 0. The van der Waals surface area contributed by atoms with E-state index in [-0.39, 0.29) is 6.04 Å². The van der Waals surface area contributed by atoms with Gasteiger partial charge in [-0.1, -0.05) is 60.5 Å². The zero-order chi connectivity index (χ0) is 15.4. The van der Waals surface area contributed by atoms with E-state index < -0.39 is 6.10 Å². The second-order valence-electron chi connectivity index (χ2n) is 5.95. The summed E-state index contributed by atoms with van der Waals surface area (Å²) in [6, 6.07) is 17.9. The van der Waals surface area contributed by atoms with Crippen LogP contribution in [0.15, 0.2) is 54.6 Å². The average Bonchev–Trinajstić information content (AvgIpc) is 2.57. The number of halogens is 1. The molecule has 116 valence electrons. The molecule has 3 heteroatoms. The fourth-order valence-corrected chi connectivity index (χ4v) is 3.41. The first-order valence-electron chi connectivity index (χ1n) is 7.98. The highest BCUT2D eigenvalue weighted by atomic mass is 35.5. The molecule has 1 saturated heterocycles. The molecule has 2 atom stereocenters. The van der Waals surface area contributed by atoms with Gasteiger partial charge in [-0.25, -0.2) is 0 Å². The Morgan fingerprint density at radius 1 is 0.818 bits per heavy atom. The Labute approximate surface area is 137 Å². The third-order valence-electron chi connectivity index (χ3n) is 4.44. The van der Waals surface area contributed by atoms with Crippen LogP contribution < -0.4 is 0 Å². The molecule has 0 spiro atoms. The molecule has 2 aromatic rings. The number of rotatable bonds is 4. The van der Waals surface area contributed by atoms with Crippen molar-refractivity contribution in [2.24, 2.45) is 0 Å². The van der Waals surface area contributed by atoms with Gasteiger partial charge in [0, 0.05) is 5.02 Å². The first-order valence-corrected chi connectivity index (χ1v) is 8.36. The maximum Gasteiger partial charge on any atom is 0.0986 e. The highest BCUT2D eigenvalue weighted by molar-refractivity contribution is 6.30. The maximum atomic E-state index is 11.0. The Hall–Kier alpha value is -1.35. The Morgan fingerprint density at radius 2 is 1.45 bits per heavy atom. The molecule has 1 N–H and O–H groups in total. The topological polar surface area (TPSA) is 23.5 Å². The van der Waals surface area contributed by atoms with Crippen LogP contribution in [0.4, 0.5) is 0 Å². The van der Waals surface area contributed by atoms with Crippen LogP contribution in [0, 0.1) is 0 Å². The summed E-state index contributed by atoms with van der Waals surface area (Å²) in [4.78, 5) is 2.41. The molecule has 0 bridgehead atoms. The van der Waals surface area contributed by atoms with Crippen molar-refractivity contribution < 1.29 is 5.11 Å². The van der Waals surface area contributed by atoms with Crippen molar-refractivity contribution in [1.82, 2.24) is 4.90 Å². The van der Waals surface area contributed by atoms with Crippen molar-refractivity contribution in [3.63, 3.8) is 0 Å². The fourth-order valence-electron chi connectivity index (χ4n) is 3.28. The average molecular weight is 316 g/mol. The highest BCUT2D eigenvalue weighted by Crippen LogP contribution is 2.36. The van der Waals surface area contributed by atoms with Gasteiger partial charge >= 0.3 is 0 Å². The van der Waals surface area contributed by atoms with Gasteiger partial charge in [-0.3, -0.25) is 4.90 Å². The van der Waals surface area contributed by atoms with Crippen molar-refractivity contribution in [2.45, 2.75) is 31.4 Å². The van der Waals surface area contributed by atoms with Gasteiger partial charge in [-0.15, -0.1) is 0 Å². The number of aliphatic hydroxyl groups is 1. The van der Waals surface area contributed by atoms with Gasteiger partial charge in [0.2, 0.25) is 0 Å². The van der Waals surface area contributed by atoms with Crippen LogP contribution in [0.3, 0.4) is 0 Å². The Morgan fingerprint density at radius 3 is 2.09 bits per heavy atom. The standard InChI is InChI=1S/C19H22ClNO/c20-17-11-9-16(10-12-17)19(22)18(15-7-3-1-4-8-15)21-13-5-2-6-14-21/h1,3-4,7-12,18-19,22H,2,5-6,13-14H2/t18-,19-/m1/s1. The number of aliphatic hydroxyl groups excluding tert-OH is 1. The molecule has 0 radical (unpaired) electrons. The number of hydrogen-bond acceptors (Lipinski definition) is 2. The zero-order valence-corrected chi connectivity index (χ0v) is 13.4. The van der Waals surface area contributed by atoms with Crippen molar-refractivity contribution in [1.29, 1.82) is 0 Å². The first-order chi connectivity index (χ1) is 10.8. The number of likely N-dealkylation sites (tertiary alicyclic amines) is 1. The fraction of sp³-hybridized carbons (Fsp3) is 0.368. The van der Waals surface area contributed by atoms with E-state index >= 15 is 0 Å². The van der Waals surface area contributed by atoms with Gasteiger partial charge < -0.3 is 5.11 Å². The smallest absolute Gasteiger partial charge is 0.0986 e. The molecule has 1 fully saturated rings. The summed E-state index contributed by atoms with van der Waals surface area (Å²) in [5, 5.41) is 11.7. The molecule has 1 aliphatic heterocycles. The Kier molecular flexibility index (Phi) is 5.14. The quantitative estimate of drug-likeness (QED) is 0.891. The van der Waals surface area contributed by atoms with Crippen LogP contribution in [-0.4, -0.2) is 23.1 Å². The maximum absolute atomic E-state index is 11.0. The molecule has 2 nitrogen and oxygen atoms in total. The van der Waals surface area contributed by atoms with Crippen LogP contribution in [0.1, 0.15) is 42.5 Å². The monoisotopic (exact) mass is 315 g/mol. The predicted molar refractivity (Wildman–Crippen MR) is 91.0 cm³/mol. The molecule has 3 rings (SSSR count). The number of benzene rings is 2. The lowest BCUT2D eigenvalue weighted by molar-refractivity contribution is 0.0362. The molecular formula is C19H22ClNO. The predicted octanol–water partition coefficient (Wildman–Crippen LogP) is 4.60.